The Balaban J connectivity index is 1.24. The topological polar surface area (TPSA) is 50.4 Å². The number of Topliss-reactive ketones (excluding diaryl/α,β-unsaturated/α-hetero) is 1. The van der Waals surface area contributed by atoms with Gasteiger partial charge in [-0.25, -0.2) is 0 Å². The van der Waals surface area contributed by atoms with Gasteiger partial charge in [-0.1, -0.05) is 25.1 Å². The van der Waals surface area contributed by atoms with Gasteiger partial charge in [0.05, 0.1) is 5.60 Å². The van der Waals surface area contributed by atoms with Crippen molar-refractivity contribution in [3.8, 4) is 0 Å². The van der Waals surface area contributed by atoms with Gasteiger partial charge in [-0.05, 0) is 112 Å². The van der Waals surface area contributed by atoms with Crippen molar-refractivity contribution in [1.82, 2.24) is 0 Å². The van der Waals surface area contributed by atoms with Gasteiger partial charge in [-0.2, -0.15) is 0 Å². The highest BCUT2D eigenvalue weighted by Gasteiger charge is 2.59. The summed E-state index contributed by atoms with van der Waals surface area (Å²) in [4.78, 5) is 13.6. The molecular weight excluding hydrogens is 384 g/mol. The van der Waals surface area contributed by atoms with Gasteiger partial charge in [-0.3, -0.25) is 4.79 Å². The zero-order chi connectivity index (χ0) is 21.4. The summed E-state index contributed by atoms with van der Waals surface area (Å²) in [6.07, 6.45) is 10.4. The summed E-state index contributed by atoms with van der Waals surface area (Å²) >= 11 is 0. The van der Waals surface area contributed by atoms with Crippen LogP contribution >= 0.6 is 0 Å². The molecule has 0 radical (unpaired) electrons. The van der Waals surface area contributed by atoms with Crippen molar-refractivity contribution in [2.75, 3.05) is 0 Å². The quantitative estimate of drug-likeness (QED) is 0.554. The number of carbonyl (C=O) groups excluding carboxylic acids is 1. The minimum absolute atomic E-state index is 0.101. The number of para-hydroxylation sites is 1. The van der Waals surface area contributed by atoms with Crippen LogP contribution < -0.4 is 0 Å². The first-order valence-corrected chi connectivity index (χ1v) is 12.6. The first-order chi connectivity index (χ1) is 14.9. The summed E-state index contributed by atoms with van der Waals surface area (Å²) in [5, 5.41) is 11.6. The Bertz CT molecular complexity index is 970. The van der Waals surface area contributed by atoms with Crippen LogP contribution in [0.25, 0.3) is 11.0 Å². The fraction of sp³-hybridized carbons (Fsp3) is 0.679. The van der Waals surface area contributed by atoms with Crippen LogP contribution in [0, 0.1) is 40.9 Å². The van der Waals surface area contributed by atoms with Crippen LogP contribution in [0.1, 0.15) is 82.2 Å². The maximum atomic E-state index is 13.6. The summed E-state index contributed by atoms with van der Waals surface area (Å²) in [5.41, 5.74) is 0.486. The molecule has 4 aliphatic rings. The van der Waals surface area contributed by atoms with Crippen molar-refractivity contribution < 1.29 is 14.3 Å². The molecule has 1 aromatic carbocycles. The molecule has 4 saturated carbocycles. The van der Waals surface area contributed by atoms with Crippen LogP contribution in [0.3, 0.4) is 0 Å². The number of rotatable bonds is 2. The maximum absolute atomic E-state index is 13.6. The molecule has 0 saturated heterocycles. The van der Waals surface area contributed by atoms with Crippen molar-refractivity contribution >= 4 is 16.8 Å². The highest BCUT2D eigenvalue weighted by Crippen LogP contribution is 2.65. The number of carbonyl (C=O) groups is 1. The van der Waals surface area contributed by atoms with Crippen LogP contribution in [-0.4, -0.2) is 16.5 Å². The number of hydrogen-bond acceptors (Lipinski definition) is 3. The van der Waals surface area contributed by atoms with Gasteiger partial charge in [0.15, 0.2) is 5.76 Å². The predicted octanol–water partition coefficient (Wildman–Crippen LogP) is 6.64. The number of furan rings is 1. The summed E-state index contributed by atoms with van der Waals surface area (Å²) in [5.74, 6) is 4.68. The minimum atomic E-state index is -0.450. The zero-order valence-electron chi connectivity index (χ0n) is 19.0. The van der Waals surface area contributed by atoms with Gasteiger partial charge in [0.1, 0.15) is 5.58 Å². The molecule has 0 aliphatic heterocycles. The van der Waals surface area contributed by atoms with Crippen LogP contribution in [0.4, 0.5) is 0 Å². The molecule has 4 aliphatic carbocycles. The van der Waals surface area contributed by atoms with Gasteiger partial charge in [0.2, 0.25) is 5.78 Å². The Morgan fingerprint density at radius 3 is 2.61 bits per heavy atom. The molecule has 1 heterocycles. The van der Waals surface area contributed by atoms with Crippen LogP contribution in [-0.2, 0) is 0 Å². The van der Waals surface area contributed by atoms with Gasteiger partial charge in [0.25, 0.3) is 0 Å². The average Bonchev–Trinajstić information content (AvgIpc) is 3.33. The number of fused-ring (bicyclic) bond motifs is 6. The maximum Gasteiger partial charge on any atom is 0.201 e. The van der Waals surface area contributed by atoms with E-state index >= 15 is 0 Å². The highest BCUT2D eigenvalue weighted by molar-refractivity contribution is 5.99. The van der Waals surface area contributed by atoms with Gasteiger partial charge >= 0.3 is 0 Å². The number of hydrogen-bond donors (Lipinski definition) is 1. The molecule has 0 bridgehead atoms. The molecular formula is C28H36O3. The lowest BCUT2D eigenvalue weighted by Gasteiger charge is -2.56. The summed E-state index contributed by atoms with van der Waals surface area (Å²) in [6, 6.07) is 9.91. The van der Waals surface area contributed by atoms with Crippen LogP contribution in [0.5, 0.6) is 0 Å². The smallest absolute Gasteiger partial charge is 0.201 e. The first-order valence-electron chi connectivity index (χ1n) is 12.6. The molecule has 0 unspecified atom stereocenters. The third-order valence-electron chi connectivity index (χ3n) is 10.2. The molecule has 4 fully saturated rings. The fourth-order valence-corrected chi connectivity index (χ4v) is 8.79. The van der Waals surface area contributed by atoms with E-state index in [0.717, 1.165) is 48.0 Å². The molecule has 1 N–H and O–H groups in total. The molecule has 1 aromatic heterocycles. The highest BCUT2D eigenvalue weighted by atomic mass is 16.3. The zero-order valence-corrected chi connectivity index (χ0v) is 19.0. The monoisotopic (exact) mass is 420 g/mol. The summed E-state index contributed by atoms with van der Waals surface area (Å²) in [7, 11) is 0. The summed E-state index contributed by atoms with van der Waals surface area (Å²) < 4.78 is 5.99. The lowest BCUT2D eigenvalue weighted by Crippen LogP contribution is -2.51. The first kappa shape index (κ1) is 20.0. The van der Waals surface area contributed by atoms with E-state index < -0.39 is 5.60 Å². The molecule has 6 rings (SSSR count). The minimum Gasteiger partial charge on any atom is -0.453 e. The van der Waals surface area contributed by atoms with E-state index in [1.165, 1.54) is 38.5 Å². The predicted molar refractivity (Wildman–Crippen MR) is 122 cm³/mol. The summed E-state index contributed by atoms with van der Waals surface area (Å²) in [6.45, 7) is 4.46. The Morgan fingerprint density at radius 2 is 1.77 bits per heavy atom. The van der Waals surface area contributed by atoms with Crippen molar-refractivity contribution in [2.24, 2.45) is 40.9 Å². The Morgan fingerprint density at radius 1 is 0.968 bits per heavy atom. The van der Waals surface area contributed by atoms with Crippen LogP contribution in [0.2, 0.25) is 0 Å². The average molecular weight is 421 g/mol. The van der Waals surface area contributed by atoms with E-state index in [1.807, 2.05) is 37.3 Å². The van der Waals surface area contributed by atoms with Gasteiger partial charge < -0.3 is 9.52 Å². The number of ketones is 1. The van der Waals surface area contributed by atoms with E-state index in [1.54, 1.807) is 0 Å². The fourth-order valence-electron chi connectivity index (χ4n) is 8.79. The number of aliphatic hydroxyl groups is 1. The van der Waals surface area contributed by atoms with E-state index in [9.17, 15) is 9.90 Å². The molecule has 166 valence electrons. The second-order valence-electron chi connectivity index (χ2n) is 11.9. The second-order valence-corrected chi connectivity index (χ2v) is 11.9. The number of benzene rings is 1. The van der Waals surface area contributed by atoms with E-state index in [2.05, 4.69) is 6.92 Å². The SMILES string of the molecule is C[C@@]1(O)CC[C@H]2[C@H](CC[C@@H]3[C@@H]2CC[C@]2(C)[C@@H](C(=O)c4cc5ccccc5o4)CC[C@@H]32)C1. The van der Waals surface area contributed by atoms with Crippen molar-refractivity contribution in [2.45, 2.75) is 77.2 Å². The lowest BCUT2D eigenvalue weighted by atomic mass is 9.49. The molecule has 3 nitrogen and oxygen atoms in total. The second kappa shape index (κ2) is 6.94. The normalized spacial score (nSPS) is 44.5. The van der Waals surface area contributed by atoms with Crippen molar-refractivity contribution in [3.05, 3.63) is 36.1 Å². The van der Waals surface area contributed by atoms with Gasteiger partial charge in [-0.15, -0.1) is 0 Å². The molecule has 0 spiro atoms. The van der Waals surface area contributed by atoms with Crippen molar-refractivity contribution in [3.63, 3.8) is 0 Å². The van der Waals surface area contributed by atoms with Crippen molar-refractivity contribution in [1.29, 1.82) is 0 Å². The Kier molecular flexibility index (Phi) is 4.49. The molecule has 31 heavy (non-hydrogen) atoms. The van der Waals surface area contributed by atoms with Crippen LogP contribution in [0.15, 0.2) is 34.7 Å². The molecule has 0 amide bonds. The van der Waals surface area contributed by atoms with E-state index in [4.69, 9.17) is 4.42 Å². The largest absolute Gasteiger partial charge is 0.453 e. The molecule has 3 heteroatoms. The molecule has 2 aromatic rings. The van der Waals surface area contributed by atoms with E-state index in [-0.39, 0.29) is 17.1 Å². The van der Waals surface area contributed by atoms with Gasteiger partial charge in [0, 0.05) is 11.3 Å². The third-order valence-corrected chi connectivity index (χ3v) is 10.2. The molecule has 8 atom stereocenters. The third kappa shape index (κ3) is 3.06. The van der Waals surface area contributed by atoms with E-state index in [0.29, 0.717) is 17.6 Å². The standard InChI is InChI=1S/C28H36O3/c1-27(30)13-11-19-18(16-27)7-8-21-20(19)12-14-28(2)22(21)9-10-23(28)26(29)25-15-17-5-3-4-6-24(17)31-25/h3-6,15,18-23,30H,7-14,16H2,1-2H3/t18-,19+,20-,21-,22+,23-,27-,28+/m1/s1. The Hall–Kier alpha value is -1.61. The Labute approximate surface area is 185 Å². The lowest BCUT2D eigenvalue weighted by molar-refractivity contribution is -0.0976.